The predicted molar refractivity (Wildman–Crippen MR) is 137 cm³/mol. The Hall–Kier alpha value is -3.77. The van der Waals surface area contributed by atoms with Gasteiger partial charge in [-0.15, -0.1) is 0 Å². The van der Waals surface area contributed by atoms with Gasteiger partial charge in [0.25, 0.3) is 0 Å². The lowest BCUT2D eigenvalue weighted by Gasteiger charge is -2.42. The van der Waals surface area contributed by atoms with Crippen LogP contribution in [0.2, 0.25) is 0 Å². The quantitative estimate of drug-likeness (QED) is 0.604. The second kappa shape index (κ2) is 10.2. The average Bonchev–Trinajstić information content (AvgIpc) is 2.91. The van der Waals surface area contributed by atoms with E-state index in [0.29, 0.717) is 13.1 Å². The summed E-state index contributed by atoms with van der Waals surface area (Å²) < 4.78 is 0. The number of hydrazone groups is 1. The topological polar surface area (TPSA) is 73.8 Å². The van der Waals surface area contributed by atoms with Crippen LogP contribution in [0, 0.1) is 5.92 Å². The molecule has 6 heteroatoms. The maximum atomic E-state index is 14.3. The number of nitrogens with one attached hydrogen (secondary N) is 2. The smallest absolute Gasteiger partial charge is 0.248 e. The van der Waals surface area contributed by atoms with Gasteiger partial charge in [-0.3, -0.25) is 9.59 Å². The van der Waals surface area contributed by atoms with Crippen molar-refractivity contribution in [1.82, 2.24) is 15.6 Å². The molecule has 2 aliphatic rings. The van der Waals surface area contributed by atoms with Crippen molar-refractivity contribution in [2.75, 3.05) is 19.6 Å². The fourth-order valence-electron chi connectivity index (χ4n) is 5.32. The van der Waals surface area contributed by atoms with Crippen LogP contribution in [-0.2, 0) is 9.59 Å². The van der Waals surface area contributed by atoms with Crippen LogP contribution >= 0.6 is 0 Å². The summed E-state index contributed by atoms with van der Waals surface area (Å²) in [6.45, 7) is 3.96. The normalized spacial score (nSPS) is 22.5. The zero-order valence-electron chi connectivity index (χ0n) is 19.8. The Kier molecular flexibility index (Phi) is 6.73. The van der Waals surface area contributed by atoms with Crippen LogP contribution in [0.25, 0.3) is 0 Å². The van der Waals surface area contributed by atoms with Gasteiger partial charge in [-0.05, 0) is 16.7 Å². The number of nitrogens with zero attached hydrogens (tertiary/aromatic N) is 2. The van der Waals surface area contributed by atoms with Crippen molar-refractivity contribution in [2.24, 2.45) is 11.0 Å². The van der Waals surface area contributed by atoms with Crippen molar-refractivity contribution in [2.45, 2.75) is 24.8 Å². The first-order valence-corrected chi connectivity index (χ1v) is 12.2. The van der Waals surface area contributed by atoms with E-state index in [2.05, 4.69) is 20.7 Å². The highest BCUT2D eigenvalue weighted by Gasteiger charge is 2.42. The third kappa shape index (κ3) is 4.62. The minimum Gasteiger partial charge on any atom is -0.346 e. The van der Waals surface area contributed by atoms with E-state index in [1.54, 1.807) is 0 Å². The molecule has 5 rings (SSSR count). The molecule has 0 radical (unpaired) electrons. The first-order chi connectivity index (χ1) is 17.1. The molecule has 3 aromatic rings. The van der Waals surface area contributed by atoms with E-state index in [0.717, 1.165) is 29.1 Å². The predicted octanol–water partition coefficient (Wildman–Crippen LogP) is 3.52. The summed E-state index contributed by atoms with van der Waals surface area (Å²) in [5.41, 5.74) is 5.64. The van der Waals surface area contributed by atoms with Crippen LogP contribution in [-0.4, -0.2) is 48.1 Å². The number of hydrogen-bond acceptors (Lipinski definition) is 5. The van der Waals surface area contributed by atoms with Gasteiger partial charge in [0.15, 0.2) is 5.78 Å². The second-order valence-electron chi connectivity index (χ2n) is 9.19. The highest BCUT2D eigenvalue weighted by Crippen LogP contribution is 2.33. The van der Waals surface area contributed by atoms with Crippen molar-refractivity contribution in [3.63, 3.8) is 0 Å². The van der Waals surface area contributed by atoms with Crippen molar-refractivity contribution < 1.29 is 9.59 Å². The van der Waals surface area contributed by atoms with Crippen molar-refractivity contribution in [1.29, 1.82) is 0 Å². The Labute approximate surface area is 206 Å². The van der Waals surface area contributed by atoms with Crippen LogP contribution in [0.4, 0.5) is 0 Å². The Morgan fingerprint density at radius 3 is 2.09 bits per heavy atom. The van der Waals surface area contributed by atoms with Gasteiger partial charge >= 0.3 is 0 Å². The van der Waals surface area contributed by atoms with Gasteiger partial charge in [-0.2, -0.15) is 5.10 Å². The van der Waals surface area contributed by atoms with Gasteiger partial charge in [0.1, 0.15) is 11.9 Å². The largest absolute Gasteiger partial charge is 0.346 e. The maximum Gasteiger partial charge on any atom is 0.248 e. The number of amidine groups is 1. The molecule has 1 amide bonds. The van der Waals surface area contributed by atoms with Gasteiger partial charge in [-0.1, -0.05) is 97.9 Å². The average molecular weight is 467 g/mol. The molecule has 1 saturated heterocycles. The molecule has 2 aliphatic heterocycles. The van der Waals surface area contributed by atoms with Crippen LogP contribution in [0.1, 0.15) is 35.4 Å². The molecule has 0 saturated carbocycles. The fraction of sp³-hybridized carbons (Fsp3) is 0.276. The molecule has 2 heterocycles. The third-order valence-electron chi connectivity index (χ3n) is 7.05. The van der Waals surface area contributed by atoms with E-state index in [1.165, 1.54) is 0 Å². The number of hydrogen-bond donors (Lipinski definition) is 2. The van der Waals surface area contributed by atoms with E-state index >= 15 is 0 Å². The maximum absolute atomic E-state index is 14.3. The molecule has 3 aromatic carbocycles. The molecule has 2 N–H and O–H groups in total. The Bertz CT molecular complexity index is 1160. The molecule has 6 nitrogen and oxygen atoms in total. The molecule has 0 aliphatic carbocycles. The lowest BCUT2D eigenvalue weighted by molar-refractivity contribution is -0.124. The summed E-state index contributed by atoms with van der Waals surface area (Å²) in [6, 6.07) is 29.3. The zero-order chi connectivity index (χ0) is 24.2. The molecule has 0 aromatic heterocycles. The SMILES string of the molecule is CC1C(N2CCNCC2C(=O)C(c2ccccc2)c2ccccc2)=NNC(=O)C1c1ccccc1. The summed E-state index contributed by atoms with van der Waals surface area (Å²) in [7, 11) is 0. The standard InChI is InChI=1S/C29H30N4O2/c1-20-25(21-11-5-2-6-12-21)29(35)32-31-28(20)33-18-17-30-19-24(33)27(34)26(22-13-7-3-8-14-22)23-15-9-4-10-16-23/h2-16,20,24-26,30H,17-19H2,1H3,(H,32,35). The molecule has 0 spiro atoms. The van der Waals surface area contributed by atoms with E-state index in [9.17, 15) is 9.59 Å². The number of ketones is 1. The van der Waals surface area contributed by atoms with Gasteiger partial charge < -0.3 is 10.2 Å². The summed E-state index contributed by atoms with van der Waals surface area (Å²) in [6.07, 6.45) is 0. The van der Waals surface area contributed by atoms with E-state index in [1.807, 2.05) is 97.9 Å². The Morgan fingerprint density at radius 1 is 0.914 bits per heavy atom. The molecule has 35 heavy (non-hydrogen) atoms. The van der Waals surface area contributed by atoms with E-state index in [4.69, 9.17) is 0 Å². The van der Waals surface area contributed by atoms with Crippen molar-refractivity contribution in [3.05, 3.63) is 108 Å². The number of benzene rings is 3. The Balaban J connectivity index is 1.49. The van der Waals surface area contributed by atoms with E-state index in [-0.39, 0.29) is 29.4 Å². The van der Waals surface area contributed by atoms with E-state index < -0.39 is 6.04 Å². The van der Waals surface area contributed by atoms with Gasteiger partial charge in [0.2, 0.25) is 5.91 Å². The number of rotatable bonds is 5. The van der Waals surface area contributed by atoms with Crippen molar-refractivity contribution in [3.8, 4) is 0 Å². The second-order valence-corrected chi connectivity index (χ2v) is 9.19. The molecule has 0 bridgehead atoms. The van der Waals surface area contributed by atoms with Crippen LogP contribution in [0.3, 0.4) is 0 Å². The highest BCUT2D eigenvalue weighted by atomic mass is 16.2. The molecule has 1 fully saturated rings. The number of amides is 1. The number of Topliss-reactive ketones (excluding diaryl/α,β-unsaturated/α-hetero) is 1. The third-order valence-corrected chi connectivity index (χ3v) is 7.05. The summed E-state index contributed by atoms with van der Waals surface area (Å²) in [5, 5.41) is 7.90. The molecule has 178 valence electrons. The molecular formula is C29H30N4O2. The molecular weight excluding hydrogens is 436 g/mol. The van der Waals surface area contributed by atoms with Crippen LogP contribution in [0.5, 0.6) is 0 Å². The van der Waals surface area contributed by atoms with Crippen LogP contribution < -0.4 is 10.7 Å². The first kappa shape index (κ1) is 23.0. The number of carbonyl (C=O) groups is 2. The Morgan fingerprint density at radius 2 is 1.49 bits per heavy atom. The minimum atomic E-state index is -0.401. The minimum absolute atomic E-state index is 0.114. The summed E-state index contributed by atoms with van der Waals surface area (Å²) in [4.78, 5) is 29.2. The summed E-state index contributed by atoms with van der Waals surface area (Å²) in [5.74, 6) is -0.128. The van der Waals surface area contributed by atoms with Crippen molar-refractivity contribution >= 4 is 17.5 Å². The lowest BCUT2D eigenvalue weighted by Crippen LogP contribution is -2.61. The first-order valence-electron chi connectivity index (χ1n) is 12.2. The van der Waals surface area contributed by atoms with Gasteiger partial charge in [0, 0.05) is 25.6 Å². The fourth-order valence-corrected chi connectivity index (χ4v) is 5.32. The number of piperazine rings is 1. The molecule has 3 unspecified atom stereocenters. The van der Waals surface area contributed by atoms with Crippen LogP contribution in [0.15, 0.2) is 96.1 Å². The lowest BCUT2D eigenvalue weighted by atomic mass is 9.81. The van der Waals surface area contributed by atoms with Gasteiger partial charge in [0.05, 0.1) is 11.8 Å². The van der Waals surface area contributed by atoms with Gasteiger partial charge in [-0.25, -0.2) is 5.43 Å². The summed E-state index contributed by atoms with van der Waals surface area (Å²) >= 11 is 0. The zero-order valence-corrected chi connectivity index (χ0v) is 19.8. The highest BCUT2D eigenvalue weighted by molar-refractivity contribution is 6.01. The number of carbonyl (C=O) groups excluding carboxylic acids is 2. The monoisotopic (exact) mass is 466 g/mol. The molecule has 3 atom stereocenters.